The maximum Gasteiger partial charge on any atom is 0.264 e. The van der Waals surface area contributed by atoms with E-state index in [1.54, 1.807) is 17.9 Å². The third kappa shape index (κ3) is 17.9. The number of allylic oxidation sites excluding steroid dienone is 1. The first-order valence-corrected chi connectivity index (χ1v) is 26.5. The second-order valence-electron chi connectivity index (χ2n) is 20.5. The molecule has 396 valence electrons. The topological polar surface area (TPSA) is 181 Å². The van der Waals surface area contributed by atoms with Crippen LogP contribution in [0.5, 0.6) is 0 Å². The molecule has 15 nitrogen and oxygen atoms in total. The van der Waals surface area contributed by atoms with Crippen molar-refractivity contribution in [3.63, 3.8) is 0 Å². The van der Waals surface area contributed by atoms with Gasteiger partial charge in [-0.05, 0) is 102 Å². The maximum absolute atomic E-state index is 13.4. The van der Waals surface area contributed by atoms with Crippen LogP contribution in [0.1, 0.15) is 102 Å². The van der Waals surface area contributed by atoms with E-state index in [9.17, 15) is 24.4 Å². The Labute approximate surface area is 437 Å². The lowest BCUT2D eigenvalue weighted by atomic mass is 9.74. The van der Waals surface area contributed by atoms with Crippen molar-refractivity contribution in [1.82, 2.24) is 15.5 Å². The Bertz CT molecular complexity index is 2330. The summed E-state index contributed by atoms with van der Waals surface area (Å²) in [6.07, 6.45) is 8.72. The van der Waals surface area contributed by atoms with Crippen LogP contribution in [-0.2, 0) is 38.1 Å². The van der Waals surface area contributed by atoms with E-state index in [2.05, 4.69) is 35.0 Å². The molecule has 0 bridgehead atoms. The molecule has 1 aliphatic carbocycles. The molecule has 16 heteroatoms. The number of likely N-dealkylation sites (tertiary alicyclic amines) is 1. The number of carbonyl (C=O) groups excluding carboxylic acids is 4. The lowest BCUT2D eigenvalue weighted by Gasteiger charge is -2.39. The van der Waals surface area contributed by atoms with E-state index < -0.39 is 0 Å². The van der Waals surface area contributed by atoms with Gasteiger partial charge in [-0.15, -0.1) is 0 Å². The highest BCUT2D eigenvalue weighted by atomic mass is 35.5. The molecule has 3 aliphatic rings. The number of halogens is 1. The first-order chi connectivity index (χ1) is 35.2. The zero-order valence-electron chi connectivity index (χ0n) is 43.6. The van der Waals surface area contributed by atoms with E-state index in [0.29, 0.717) is 115 Å². The van der Waals surface area contributed by atoms with Crippen LogP contribution in [-0.4, -0.2) is 127 Å². The number of nitriles is 1. The van der Waals surface area contributed by atoms with E-state index in [1.165, 1.54) is 19.3 Å². The van der Waals surface area contributed by atoms with Gasteiger partial charge in [-0.25, -0.2) is 0 Å². The zero-order valence-corrected chi connectivity index (χ0v) is 44.3. The molecule has 3 N–H and O–H groups in total. The molecule has 1 saturated carbocycles. The number of anilines is 2. The van der Waals surface area contributed by atoms with Crippen LogP contribution < -0.4 is 20.9 Å². The Morgan fingerprint density at radius 2 is 1.33 bits per heavy atom. The van der Waals surface area contributed by atoms with Crippen molar-refractivity contribution in [2.45, 2.75) is 91.6 Å². The lowest BCUT2D eigenvalue weighted by molar-refractivity contribution is -0.126. The van der Waals surface area contributed by atoms with Gasteiger partial charge in [0.2, 0.25) is 11.8 Å². The second kappa shape index (κ2) is 28.9. The minimum atomic E-state index is -0.284. The van der Waals surface area contributed by atoms with Gasteiger partial charge in [0.05, 0.1) is 72.1 Å². The number of hydrogen-bond donors (Lipinski definition) is 3. The summed E-state index contributed by atoms with van der Waals surface area (Å²) in [5.41, 5.74) is 5.27. The molecule has 2 fully saturated rings. The smallest absolute Gasteiger partial charge is 0.264 e. The Hall–Kier alpha value is -5.34. The molecule has 1 saturated heterocycles. The number of amides is 4. The summed E-state index contributed by atoms with van der Waals surface area (Å²) in [4.78, 5) is 55.6. The molecular weight excluding hydrogens is 948 g/mol. The quantitative estimate of drug-likeness (QED) is 0.0398. The summed E-state index contributed by atoms with van der Waals surface area (Å²) in [7, 11) is 0. The monoisotopic (exact) mass is 1020 g/mol. The molecule has 4 atom stereocenters. The summed E-state index contributed by atoms with van der Waals surface area (Å²) in [5.74, 6) is 0.381. The second-order valence-corrected chi connectivity index (χ2v) is 20.9. The summed E-state index contributed by atoms with van der Waals surface area (Å²) in [6.45, 7) is 15.5. The molecule has 2 heterocycles. The highest BCUT2D eigenvalue weighted by Gasteiger charge is 2.41. The van der Waals surface area contributed by atoms with Gasteiger partial charge in [-0.2, -0.15) is 5.26 Å². The molecule has 2 aliphatic heterocycles. The Morgan fingerprint density at radius 1 is 0.753 bits per heavy atom. The third-order valence-corrected chi connectivity index (χ3v) is 13.9. The summed E-state index contributed by atoms with van der Waals surface area (Å²) in [6, 6.07) is 23.4. The molecule has 0 unspecified atom stereocenters. The summed E-state index contributed by atoms with van der Waals surface area (Å²) in [5, 5.41) is 20.0. The van der Waals surface area contributed by atoms with E-state index in [4.69, 9.17) is 35.3 Å². The van der Waals surface area contributed by atoms with Gasteiger partial charge in [0.1, 0.15) is 11.6 Å². The van der Waals surface area contributed by atoms with Crippen molar-refractivity contribution in [1.29, 1.82) is 5.26 Å². The van der Waals surface area contributed by atoms with Crippen LogP contribution in [0, 0.1) is 34.5 Å². The van der Waals surface area contributed by atoms with Gasteiger partial charge < -0.3 is 49.4 Å². The lowest BCUT2D eigenvalue weighted by Crippen LogP contribution is -2.43. The first-order valence-electron chi connectivity index (χ1n) is 26.1. The Kier molecular flexibility index (Phi) is 22.6. The number of nitrogens with zero attached hydrogens (tertiary/aromatic N) is 3. The number of carbonyl (C=O) groups is 4. The molecule has 3 aromatic carbocycles. The summed E-state index contributed by atoms with van der Waals surface area (Å²) >= 11 is 6.13. The van der Waals surface area contributed by atoms with Gasteiger partial charge in [0, 0.05) is 67.5 Å². The molecule has 3 aromatic rings. The van der Waals surface area contributed by atoms with Crippen LogP contribution in [0.4, 0.5) is 11.4 Å². The van der Waals surface area contributed by atoms with Gasteiger partial charge in [0.15, 0.2) is 0 Å². The number of fused-ring (bicyclic) bond motifs is 1. The predicted octanol–water partition coefficient (Wildman–Crippen LogP) is 8.78. The molecular formula is C57H77ClN6O9. The SMILES string of the molecule is CC(=O)N1c2ccc(-c3ccc(C(=O)NCCOCCOCCOCCOCCOCCNC(=O)C[C@@H]4CN(C(=O)/C(C#N)=C/C(C)(C)C)C[C@H]4C4CCCCC4)cc3)cc2[C@H](Nc2ccc(Cl)cc2)C[C@@H]1C. The number of benzene rings is 3. The molecule has 73 heavy (non-hydrogen) atoms. The fraction of sp³-hybridized carbons (Fsp3) is 0.561. The van der Waals surface area contributed by atoms with Crippen LogP contribution in [0.25, 0.3) is 11.1 Å². The van der Waals surface area contributed by atoms with Crippen molar-refractivity contribution < 1.29 is 42.9 Å². The largest absolute Gasteiger partial charge is 0.378 e. The van der Waals surface area contributed by atoms with Crippen molar-refractivity contribution in [2.75, 3.05) is 102 Å². The highest BCUT2D eigenvalue weighted by molar-refractivity contribution is 6.30. The normalized spacial score (nSPS) is 19.3. The number of ether oxygens (including phenoxy) is 5. The fourth-order valence-electron chi connectivity index (χ4n) is 10.2. The Morgan fingerprint density at radius 3 is 1.90 bits per heavy atom. The summed E-state index contributed by atoms with van der Waals surface area (Å²) < 4.78 is 28.1. The number of rotatable bonds is 26. The van der Waals surface area contributed by atoms with E-state index in [0.717, 1.165) is 47.3 Å². The number of nitrogens with one attached hydrogen (secondary N) is 3. The maximum atomic E-state index is 13.4. The van der Waals surface area contributed by atoms with Gasteiger partial charge >= 0.3 is 0 Å². The molecule has 0 aromatic heterocycles. The van der Waals surface area contributed by atoms with E-state index in [-0.39, 0.29) is 58.5 Å². The van der Waals surface area contributed by atoms with Crippen molar-refractivity contribution in [3.05, 3.63) is 94.5 Å². The minimum Gasteiger partial charge on any atom is -0.378 e. The first kappa shape index (κ1) is 56.9. The third-order valence-electron chi connectivity index (χ3n) is 13.7. The average Bonchev–Trinajstić information content (AvgIpc) is 3.79. The van der Waals surface area contributed by atoms with Crippen molar-refractivity contribution in [2.24, 2.45) is 23.2 Å². The Balaban J connectivity index is 0.764. The molecule has 0 radical (unpaired) electrons. The highest BCUT2D eigenvalue weighted by Crippen LogP contribution is 2.42. The van der Waals surface area contributed by atoms with Crippen LogP contribution in [0.2, 0.25) is 5.02 Å². The van der Waals surface area contributed by atoms with Crippen LogP contribution >= 0.6 is 11.6 Å². The van der Waals surface area contributed by atoms with E-state index in [1.807, 2.05) is 86.3 Å². The standard InChI is InChI=1S/C57H77ClN6O9/c1-40-33-52(62-49-18-16-48(58)17-19-49)50-34-45(15-20-53(50)64(40)41(2)65)42-11-13-44(14-12-42)55(67)61-22-24-70-26-28-72-30-32-73-31-29-71-27-25-69-23-21-60-54(66)35-46-38-63(39-51(46)43-9-7-6-8-10-43)56(68)47(37-59)36-57(3,4)5/h11-20,34,36,40,43,46,51-52,62H,6-10,21-33,35,38-39H2,1-5H3,(H,60,66)(H,61,67)/b47-36+/t40-,46+,51-,52+/m0/s1. The number of hydrogen-bond acceptors (Lipinski definition) is 11. The van der Waals surface area contributed by atoms with Gasteiger partial charge in [0.25, 0.3) is 11.8 Å². The zero-order chi connectivity index (χ0) is 52.2. The van der Waals surface area contributed by atoms with Crippen LogP contribution in [0.3, 0.4) is 0 Å². The minimum absolute atomic E-state index is 0.00513. The van der Waals surface area contributed by atoms with Crippen LogP contribution in [0.15, 0.2) is 78.4 Å². The van der Waals surface area contributed by atoms with Crippen molar-refractivity contribution >= 4 is 46.6 Å². The van der Waals surface area contributed by atoms with E-state index >= 15 is 0 Å². The van der Waals surface area contributed by atoms with Crippen molar-refractivity contribution in [3.8, 4) is 17.2 Å². The van der Waals surface area contributed by atoms with Gasteiger partial charge in [-0.3, -0.25) is 19.2 Å². The molecule has 0 spiro atoms. The predicted molar refractivity (Wildman–Crippen MR) is 284 cm³/mol. The molecule has 4 amide bonds. The fourth-order valence-corrected chi connectivity index (χ4v) is 10.4. The molecule has 6 rings (SSSR count). The average molecular weight is 1030 g/mol. The van der Waals surface area contributed by atoms with Gasteiger partial charge in [-0.1, -0.05) is 88.8 Å².